The Morgan fingerprint density at radius 1 is 1.33 bits per heavy atom. The summed E-state index contributed by atoms with van der Waals surface area (Å²) in [6.45, 7) is 1.96. The van der Waals surface area contributed by atoms with E-state index in [1.165, 1.54) is 0 Å². The van der Waals surface area contributed by atoms with Gasteiger partial charge >= 0.3 is 0 Å². The van der Waals surface area contributed by atoms with Crippen LogP contribution in [0.25, 0.3) is 0 Å². The first kappa shape index (κ1) is 5.95. The van der Waals surface area contributed by atoms with Crippen LogP contribution in [0, 0.1) is 0 Å². The van der Waals surface area contributed by atoms with Crippen LogP contribution in [0.1, 0.15) is 6.92 Å². The number of aliphatic imine (C=N–C) groups is 2. The molecule has 0 atom stereocenters. The van der Waals surface area contributed by atoms with Gasteiger partial charge in [0.15, 0.2) is 0 Å². The Morgan fingerprint density at radius 2 is 2.22 bits per heavy atom. The third-order valence-corrected chi connectivity index (χ3v) is 0.901. The number of hydrogen-bond acceptors (Lipinski definition) is 2. The van der Waals surface area contributed by atoms with Crippen molar-refractivity contribution in [1.29, 1.82) is 0 Å². The van der Waals surface area contributed by atoms with E-state index in [1.807, 2.05) is 6.92 Å². The molecule has 1 aliphatic rings. The highest BCUT2D eigenvalue weighted by atomic mass is 14.7. The molecule has 0 aromatic rings. The van der Waals surface area contributed by atoms with E-state index in [4.69, 9.17) is 0 Å². The minimum absolute atomic E-state index is 1.07. The zero-order valence-corrected chi connectivity index (χ0v) is 5.28. The van der Waals surface area contributed by atoms with Gasteiger partial charge in [0.25, 0.3) is 0 Å². The third-order valence-electron chi connectivity index (χ3n) is 0.901. The van der Waals surface area contributed by atoms with Gasteiger partial charge in [0.05, 0.1) is 0 Å². The Kier molecular flexibility index (Phi) is 1.96. The molecule has 1 rings (SSSR count). The minimum atomic E-state index is 1.07. The molecule has 0 saturated carbocycles. The van der Waals surface area contributed by atoms with Crippen LogP contribution in [-0.4, -0.2) is 12.4 Å². The van der Waals surface area contributed by atoms with Gasteiger partial charge in [-0.1, -0.05) is 0 Å². The molecule has 2 heteroatoms. The molecule has 0 N–H and O–H groups in total. The Balaban J connectivity index is 2.77. The van der Waals surface area contributed by atoms with Crippen LogP contribution >= 0.6 is 0 Å². The van der Waals surface area contributed by atoms with Crippen LogP contribution in [0.15, 0.2) is 34.0 Å². The van der Waals surface area contributed by atoms with Crippen LogP contribution in [0.3, 0.4) is 0 Å². The van der Waals surface area contributed by atoms with Gasteiger partial charge in [-0.3, -0.25) is 9.98 Å². The zero-order valence-electron chi connectivity index (χ0n) is 5.28. The van der Waals surface area contributed by atoms with Gasteiger partial charge in [-0.05, 0) is 18.6 Å². The molecule has 0 radical (unpaired) electrons. The third kappa shape index (κ3) is 2.04. The molecule has 9 heavy (non-hydrogen) atoms. The maximum Gasteiger partial charge on any atom is 0.0312 e. The molecule has 46 valence electrons. The van der Waals surface area contributed by atoms with Gasteiger partial charge in [-0.25, -0.2) is 0 Å². The molecule has 0 amide bonds. The molecule has 0 fully saturated rings. The average Bonchev–Trinajstić information content (AvgIpc) is 1.79. The predicted molar refractivity (Wildman–Crippen MR) is 39.9 cm³/mol. The van der Waals surface area contributed by atoms with Gasteiger partial charge in [0.1, 0.15) is 0 Å². The molecule has 0 bridgehead atoms. The molecule has 0 unspecified atom stereocenters. The van der Waals surface area contributed by atoms with Crippen LogP contribution in [-0.2, 0) is 0 Å². The first-order chi connectivity index (χ1) is 4.39. The molecule has 0 aliphatic carbocycles. The largest absolute Gasteiger partial charge is 0.264 e. The molecule has 0 saturated heterocycles. The predicted octanol–water partition coefficient (Wildman–Crippen LogP) is 1.56. The Labute approximate surface area is 54.3 Å². The standard InChI is InChI=1S/C7H8N2/c1-7-5-8-3-2-4-9-6-7/h2-6H,1H3. The molecule has 2 nitrogen and oxygen atoms in total. The van der Waals surface area contributed by atoms with Crippen molar-refractivity contribution in [1.82, 2.24) is 0 Å². The monoisotopic (exact) mass is 120 g/mol. The molecule has 0 aromatic heterocycles. The summed E-state index contributed by atoms with van der Waals surface area (Å²) in [6.07, 6.45) is 8.75. The van der Waals surface area contributed by atoms with Crippen LogP contribution in [0.4, 0.5) is 0 Å². The number of nitrogens with zero attached hydrogens (tertiary/aromatic N) is 2. The summed E-state index contributed by atoms with van der Waals surface area (Å²) < 4.78 is 0. The second kappa shape index (κ2) is 2.97. The van der Waals surface area contributed by atoms with Gasteiger partial charge in [-0.2, -0.15) is 0 Å². The molecule has 1 heterocycles. The van der Waals surface area contributed by atoms with Gasteiger partial charge in [-0.15, -0.1) is 0 Å². The van der Waals surface area contributed by atoms with E-state index in [-0.39, 0.29) is 0 Å². The first-order valence-electron chi connectivity index (χ1n) is 2.78. The number of allylic oxidation sites excluding steroid dienone is 2. The number of rotatable bonds is 0. The van der Waals surface area contributed by atoms with Gasteiger partial charge in [0, 0.05) is 24.8 Å². The van der Waals surface area contributed by atoms with Crippen molar-refractivity contribution >= 4 is 12.4 Å². The molecular weight excluding hydrogens is 112 g/mol. The summed E-state index contributed by atoms with van der Waals surface area (Å²) >= 11 is 0. The fourth-order valence-electron chi connectivity index (χ4n) is 0.492. The second-order valence-corrected chi connectivity index (χ2v) is 1.79. The van der Waals surface area contributed by atoms with Crippen molar-refractivity contribution in [3.05, 3.63) is 24.0 Å². The van der Waals surface area contributed by atoms with Crippen molar-refractivity contribution in [3.8, 4) is 0 Å². The van der Waals surface area contributed by atoms with Crippen molar-refractivity contribution in [2.75, 3.05) is 0 Å². The summed E-state index contributed by atoms with van der Waals surface area (Å²) in [5, 5.41) is 0. The second-order valence-electron chi connectivity index (χ2n) is 1.79. The SMILES string of the molecule is CC1=CN=CC=CN=C1. The van der Waals surface area contributed by atoms with E-state index in [1.54, 1.807) is 30.9 Å². The highest BCUT2D eigenvalue weighted by Crippen LogP contribution is 1.90. The van der Waals surface area contributed by atoms with E-state index >= 15 is 0 Å². The lowest BCUT2D eigenvalue weighted by Crippen LogP contribution is -1.77. The summed E-state index contributed by atoms with van der Waals surface area (Å²) in [7, 11) is 0. The van der Waals surface area contributed by atoms with Gasteiger partial charge < -0.3 is 0 Å². The lowest BCUT2D eigenvalue weighted by molar-refractivity contribution is 1.45. The average molecular weight is 120 g/mol. The van der Waals surface area contributed by atoms with Crippen LogP contribution < -0.4 is 0 Å². The first-order valence-corrected chi connectivity index (χ1v) is 2.78. The van der Waals surface area contributed by atoms with E-state index in [9.17, 15) is 0 Å². The van der Waals surface area contributed by atoms with E-state index in [2.05, 4.69) is 9.98 Å². The topological polar surface area (TPSA) is 24.7 Å². The normalized spacial score (nSPS) is 16.8. The van der Waals surface area contributed by atoms with Crippen molar-refractivity contribution < 1.29 is 0 Å². The van der Waals surface area contributed by atoms with Gasteiger partial charge in [0.2, 0.25) is 0 Å². The Bertz CT molecular complexity index is 197. The smallest absolute Gasteiger partial charge is 0.0312 e. The highest BCUT2D eigenvalue weighted by Gasteiger charge is 1.79. The Hall–Kier alpha value is -1.18. The number of hydrogen-bond donors (Lipinski definition) is 0. The van der Waals surface area contributed by atoms with Crippen molar-refractivity contribution in [2.45, 2.75) is 6.92 Å². The fourth-order valence-corrected chi connectivity index (χ4v) is 0.492. The molecule has 0 aromatic carbocycles. The van der Waals surface area contributed by atoms with Crippen molar-refractivity contribution in [3.63, 3.8) is 0 Å². The van der Waals surface area contributed by atoms with E-state index in [0.717, 1.165) is 5.57 Å². The molecule has 1 aliphatic heterocycles. The summed E-state index contributed by atoms with van der Waals surface area (Å²) in [5.41, 5.74) is 1.07. The van der Waals surface area contributed by atoms with Crippen LogP contribution in [0.2, 0.25) is 0 Å². The maximum absolute atomic E-state index is 3.95. The minimum Gasteiger partial charge on any atom is -0.264 e. The fraction of sp³-hybridized carbons (Fsp3) is 0.143. The van der Waals surface area contributed by atoms with E-state index in [0.29, 0.717) is 0 Å². The molecule has 0 spiro atoms. The summed E-state index contributed by atoms with van der Waals surface area (Å²) in [5.74, 6) is 0. The summed E-state index contributed by atoms with van der Waals surface area (Å²) in [6, 6.07) is 0. The summed E-state index contributed by atoms with van der Waals surface area (Å²) in [4.78, 5) is 7.89. The Morgan fingerprint density at radius 3 is 3.11 bits per heavy atom. The van der Waals surface area contributed by atoms with Crippen molar-refractivity contribution in [2.24, 2.45) is 9.98 Å². The quantitative estimate of drug-likeness (QED) is 0.463. The van der Waals surface area contributed by atoms with E-state index < -0.39 is 0 Å². The highest BCUT2D eigenvalue weighted by molar-refractivity contribution is 5.81. The molecular formula is C7H8N2. The van der Waals surface area contributed by atoms with Crippen LogP contribution in [0.5, 0.6) is 0 Å². The lowest BCUT2D eigenvalue weighted by atomic mass is 10.3. The zero-order chi connectivity index (χ0) is 6.53. The lowest BCUT2D eigenvalue weighted by Gasteiger charge is -1.86. The maximum atomic E-state index is 3.95.